The van der Waals surface area contributed by atoms with Crippen molar-refractivity contribution in [1.29, 1.82) is 0 Å². The summed E-state index contributed by atoms with van der Waals surface area (Å²) in [6, 6.07) is 0. The number of hydrogen-bond donors (Lipinski definition) is 1. The van der Waals surface area contributed by atoms with Gasteiger partial charge in [-0.2, -0.15) is 0 Å². The highest BCUT2D eigenvalue weighted by Crippen LogP contribution is 2.28. The van der Waals surface area contributed by atoms with E-state index in [1.165, 1.54) is 0 Å². The highest BCUT2D eigenvalue weighted by molar-refractivity contribution is 5.84. The molecule has 0 radical (unpaired) electrons. The van der Waals surface area contributed by atoms with Crippen molar-refractivity contribution >= 4 is 5.78 Å². The maximum Gasteiger partial charge on any atom is 0.140 e. The number of allylic oxidation sites excluding steroid dienone is 1. The van der Waals surface area contributed by atoms with Crippen LogP contribution in [0.15, 0.2) is 12.7 Å². The van der Waals surface area contributed by atoms with Crippen LogP contribution in [-0.4, -0.2) is 12.3 Å². The highest BCUT2D eigenvalue weighted by Gasteiger charge is 2.31. The van der Waals surface area contributed by atoms with Crippen LogP contribution in [0.25, 0.3) is 0 Å². The lowest BCUT2D eigenvalue weighted by atomic mass is 9.77. The van der Waals surface area contributed by atoms with Crippen LogP contribution in [0, 0.1) is 5.41 Å². The van der Waals surface area contributed by atoms with E-state index in [1.807, 2.05) is 19.9 Å². The summed E-state index contributed by atoms with van der Waals surface area (Å²) in [4.78, 5) is 11.9. The Morgan fingerprint density at radius 1 is 1.43 bits per heavy atom. The van der Waals surface area contributed by atoms with Gasteiger partial charge in [0.15, 0.2) is 0 Å². The third kappa shape index (κ3) is 3.26. The molecule has 82 valence electrons. The summed E-state index contributed by atoms with van der Waals surface area (Å²) >= 11 is 0. The second kappa shape index (κ2) is 6.77. The molecule has 0 saturated heterocycles. The Hall–Kier alpha value is -0.630. The first-order chi connectivity index (χ1) is 6.66. The Morgan fingerprint density at radius 2 is 2.00 bits per heavy atom. The predicted molar refractivity (Wildman–Crippen MR) is 61.1 cm³/mol. The van der Waals surface area contributed by atoms with Crippen molar-refractivity contribution in [2.45, 2.75) is 46.0 Å². The lowest BCUT2D eigenvalue weighted by Crippen LogP contribution is -2.37. The summed E-state index contributed by atoms with van der Waals surface area (Å²) in [5.74, 6) is 0.326. The molecule has 0 atom stereocenters. The molecule has 0 unspecified atom stereocenters. The number of carbonyl (C=O) groups excluding carboxylic acids is 1. The summed E-state index contributed by atoms with van der Waals surface area (Å²) in [6.45, 7) is 8.21. The zero-order chi connectivity index (χ0) is 11.0. The van der Waals surface area contributed by atoms with Crippen LogP contribution in [0.1, 0.15) is 46.0 Å². The Morgan fingerprint density at radius 3 is 2.36 bits per heavy atom. The largest absolute Gasteiger partial charge is 0.329 e. The van der Waals surface area contributed by atoms with Gasteiger partial charge in [-0.1, -0.05) is 19.9 Å². The Bertz CT molecular complexity index is 174. The molecule has 2 nitrogen and oxygen atoms in total. The molecule has 0 saturated carbocycles. The van der Waals surface area contributed by atoms with Gasteiger partial charge in [-0.25, -0.2) is 0 Å². The fourth-order valence-electron chi connectivity index (χ4n) is 1.72. The maximum atomic E-state index is 11.9. The molecular formula is C12H23NO. The summed E-state index contributed by atoms with van der Waals surface area (Å²) in [5, 5.41) is 0. The molecule has 0 spiro atoms. The Balaban J connectivity index is 4.21. The smallest absolute Gasteiger partial charge is 0.140 e. The van der Waals surface area contributed by atoms with Gasteiger partial charge in [0.25, 0.3) is 0 Å². The SMILES string of the molecule is C=CCCCC(=O)C(CC)(CC)CN. The van der Waals surface area contributed by atoms with Crippen LogP contribution in [0.3, 0.4) is 0 Å². The number of unbranched alkanes of at least 4 members (excludes halogenated alkanes) is 1. The van der Waals surface area contributed by atoms with Crippen molar-refractivity contribution in [3.05, 3.63) is 12.7 Å². The topological polar surface area (TPSA) is 43.1 Å². The number of carbonyl (C=O) groups is 1. The second-order valence-corrected chi connectivity index (χ2v) is 3.80. The zero-order valence-corrected chi connectivity index (χ0v) is 9.51. The van der Waals surface area contributed by atoms with E-state index >= 15 is 0 Å². The lowest BCUT2D eigenvalue weighted by Gasteiger charge is -2.28. The lowest BCUT2D eigenvalue weighted by molar-refractivity contribution is -0.128. The van der Waals surface area contributed by atoms with E-state index < -0.39 is 0 Å². The van der Waals surface area contributed by atoms with Gasteiger partial charge in [0, 0.05) is 18.4 Å². The Kier molecular flexibility index (Phi) is 6.46. The first-order valence-electron chi connectivity index (χ1n) is 5.51. The van der Waals surface area contributed by atoms with Crippen LogP contribution in [-0.2, 0) is 4.79 Å². The van der Waals surface area contributed by atoms with Crippen molar-refractivity contribution < 1.29 is 4.79 Å². The minimum atomic E-state index is -0.263. The fourth-order valence-corrected chi connectivity index (χ4v) is 1.72. The molecule has 0 aromatic carbocycles. The first-order valence-corrected chi connectivity index (χ1v) is 5.51. The molecule has 0 aliphatic heterocycles. The minimum absolute atomic E-state index is 0.263. The molecule has 0 aromatic heterocycles. The van der Waals surface area contributed by atoms with Crippen LogP contribution >= 0.6 is 0 Å². The van der Waals surface area contributed by atoms with Gasteiger partial charge in [-0.05, 0) is 25.7 Å². The number of rotatable bonds is 8. The molecule has 14 heavy (non-hydrogen) atoms. The molecule has 0 amide bonds. The molecular weight excluding hydrogens is 174 g/mol. The van der Waals surface area contributed by atoms with Gasteiger partial charge >= 0.3 is 0 Å². The van der Waals surface area contributed by atoms with E-state index in [2.05, 4.69) is 6.58 Å². The average molecular weight is 197 g/mol. The normalized spacial score (nSPS) is 11.4. The van der Waals surface area contributed by atoms with Crippen LogP contribution in [0.4, 0.5) is 0 Å². The quantitative estimate of drug-likeness (QED) is 0.480. The van der Waals surface area contributed by atoms with Gasteiger partial charge in [-0.15, -0.1) is 6.58 Å². The third-order valence-corrected chi connectivity index (χ3v) is 3.15. The highest BCUT2D eigenvalue weighted by atomic mass is 16.1. The van der Waals surface area contributed by atoms with Crippen molar-refractivity contribution in [3.63, 3.8) is 0 Å². The van der Waals surface area contributed by atoms with E-state index in [0.717, 1.165) is 25.7 Å². The standard InChI is InChI=1S/C12H23NO/c1-4-7-8-9-11(14)12(5-2,6-3)10-13/h4H,1,5-10,13H2,2-3H3. The van der Waals surface area contributed by atoms with Crippen LogP contribution < -0.4 is 5.73 Å². The average Bonchev–Trinajstić information content (AvgIpc) is 2.22. The number of nitrogens with two attached hydrogens (primary N) is 1. The molecule has 0 bridgehead atoms. The molecule has 0 fully saturated rings. The first kappa shape index (κ1) is 13.4. The van der Waals surface area contributed by atoms with Crippen LogP contribution in [0.5, 0.6) is 0 Å². The number of ketones is 1. The summed E-state index contributed by atoms with van der Waals surface area (Å²) in [5.41, 5.74) is 5.43. The molecule has 2 heteroatoms. The summed E-state index contributed by atoms with van der Waals surface area (Å²) in [6.07, 6.45) is 6.03. The van der Waals surface area contributed by atoms with E-state index in [1.54, 1.807) is 0 Å². The van der Waals surface area contributed by atoms with E-state index in [9.17, 15) is 4.79 Å². The van der Waals surface area contributed by atoms with Gasteiger partial charge in [0.05, 0.1) is 0 Å². The molecule has 2 N–H and O–H groups in total. The van der Waals surface area contributed by atoms with Crippen molar-refractivity contribution in [1.82, 2.24) is 0 Å². The van der Waals surface area contributed by atoms with E-state index in [0.29, 0.717) is 18.7 Å². The second-order valence-electron chi connectivity index (χ2n) is 3.80. The molecule has 0 rings (SSSR count). The Labute approximate surface area is 87.6 Å². The van der Waals surface area contributed by atoms with E-state index in [-0.39, 0.29) is 5.41 Å². The predicted octanol–water partition coefficient (Wildman–Crippen LogP) is 2.68. The van der Waals surface area contributed by atoms with Crippen molar-refractivity contribution in [2.75, 3.05) is 6.54 Å². The molecule has 0 aliphatic rings. The van der Waals surface area contributed by atoms with Crippen molar-refractivity contribution in [3.8, 4) is 0 Å². The minimum Gasteiger partial charge on any atom is -0.329 e. The van der Waals surface area contributed by atoms with E-state index in [4.69, 9.17) is 5.73 Å². The van der Waals surface area contributed by atoms with Crippen LogP contribution in [0.2, 0.25) is 0 Å². The van der Waals surface area contributed by atoms with Gasteiger partial charge in [0.2, 0.25) is 0 Å². The van der Waals surface area contributed by atoms with Crippen molar-refractivity contribution in [2.24, 2.45) is 11.1 Å². The molecule has 0 heterocycles. The number of hydrogen-bond acceptors (Lipinski definition) is 2. The number of Topliss-reactive ketones (excluding diaryl/α,β-unsaturated/α-hetero) is 1. The summed E-state index contributed by atoms with van der Waals surface area (Å²) in [7, 11) is 0. The zero-order valence-electron chi connectivity index (χ0n) is 9.51. The van der Waals surface area contributed by atoms with Gasteiger partial charge in [-0.3, -0.25) is 4.79 Å². The van der Waals surface area contributed by atoms with Gasteiger partial charge in [0.1, 0.15) is 5.78 Å². The summed E-state index contributed by atoms with van der Waals surface area (Å²) < 4.78 is 0. The molecule has 0 aromatic rings. The van der Waals surface area contributed by atoms with Gasteiger partial charge < -0.3 is 5.73 Å². The molecule has 0 aliphatic carbocycles. The third-order valence-electron chi connectivity index (χ3n) is 3.15. The maximum absolute atomic E-state index is 11.9. The monoisotopic (exact) mass is 197 g/mol. The fraction of sp³-hybridized carbons (Fsp3) is 0.750.